The lowest BCUT2D eigenvalue weighted by molar-refractivity contribution is 0.174. The Labute approximate surface area is 111 Å². The van der Waals surface area contributed by atoms with Crippen LogP contribution in [0, 0.1) is 5.92 Å². The molecule has 0 aliphatic carbocycles. The number of hydrazone groups is 1. The SMILES string of the molecule is C[C@H](/C=N\NC(N)=S)Cc1ccc2c(c1)OCO2. The van der Waals surface area contributed by atoms with Gasteiger partial charge in [-0.05, 0) is 42.3 Å². The first-order chi connectivity index (χ1) is 8.65. The van der Waals surface area contributed by atoms with E-state index in [1.807, 2.05) is 18.2 Å². The van der Waals surface area contributed by atoms with Gasteiger partial charge in [0, 0.05) is 6.21 Å². The summed E-state index contributed by atoms with van der Waals surface area (Å²) in [4.78, 5) is 0. The summed E-state index contributed by atoms with van der Waals surface area (Å²) in [5.41, 5.74) is 8.98. The summed E-state index contributed by atoms with van der Waals surface area (Å²) < 4.78 is 10.6. The maximum atomic E-state index is 5.33. The summed E-state index contributed by atoms with van der Waals surface area (Å²) in [5.74, 6) is 1.88. The van der Waals surface area contributed by atoms with Gasteiger partial charge in [-0.2, -0.15) is 5.10 Å². The standard InChI is InChI=1S/C12H15N3O2S/c1-8(6-14-15-12(13)18)4-9-2-3-10-11(5-9)17-7-16-10/h2-3,5-6,8H,4,7H2,1H3,(H3,13,15,18)/b14-6-/t8-/m0/s1. The predicted molar refractivity (Wildman–Crippen MR) is 73.8 cm³/mol. The van der Waals surface area contributed by atoms with Gasteiger partial charge in [0.15, 0.2) is 16.6 Å². The van der Waals surface area contributed by atoms with Crippen LogP contribution in [0.25, 0.3) is 0 Å². The van der Waals surface area contributed by atoms with Gasteiger partial charge < -0.3 is 15.2 Å². The van der Waals surface area contributed by atoms with E-state index in [1.165, 1.54) is 5.56 Å². The average Bonchev–Trinajstić information content (AvgIpc) is 2.75. The third-order valence-electron chi connectivity index (χ3n) is 2.50. The van der Waals surface area contributed by atoms with E-state index in [0.29, 0.717) is 6.79 Å². The minimum absolute atomic E-state index is 0.168. The van der Waals surface area contributed by atoms with Crippen LogP contribution in [-0.4, -0.2) is 18.1 Å². The van der Waals surface area contributed by atoms with Crippen LogP contribution in [0.15, 0.2) is 23.3 Å². The Morgan fingerprint density at radius 3 is 3.11 bits per heavy atom. The molecule has 0 aromatic heterocycles. The summed E-state index contributed by atoms with van der Waals surface area (Å²) in [6.45, 7) is 2.36. The number of fused-ring (bicyclic) bond motifs is 1. The van der Waals surface area contributed by atoms with Crippen molar-refractivity contribution >= 4 is 23.5 Å². The minimum Gasteiger partial charge on any atom is -0.454 e. The van der Waals surface area contributed by atoms with Crippen molar-refractivity contribution in [3.8, 4) is 11.5 Å². The van der Waals surface area contributed by atoms with Gasteiger partial charge in [0.2, 0.25) is 6.79 Å². The lowest BCUT2D eigenvalue weighted by Crippen LogP contribution is -2.24. The van der Waals surface area contributed by atoms with Crippen molar-refractivity contribution in [2.75, 3.05) is 6.79 Å². The molecule has 18 heavy (non-hydrogen) atoms. The van der Waals surface area contributed by atoms with E-state index in [0.717, 1.165) is 17.9 Å². The number of hydrogen-bond acceptors (Lipinski definition) is 4. The maximum Gasteiger partial charge on any atom is 0.231 e. The van der Waals surface area contributed by atoms with Crippen LogP contribution in [-0.2, 0) is 6.42 Å². The second-order valence-corrected chi connectivity index (χ2v) is 4.56. The zero-order valence-corrected chi connectivity index (χ0v) is 10.9. The molecule has 0 saturated heterocycles. The molecule has 1 aromatic rings. The Bertz CT molecular complexity index is 476. The smallest absolute Gasteiger partial charge is 0.231 e. The van der Waals surface area contributed by atoms with Crippen molar-refractivity contribution in [3.63, 3.8) is 0 Å². The van der Waals surface area contributed by atoms with Gasteiger partial charge in [-0.25, -0.2) is 0 Å². The molecule has 6 heteroatoms. The van der Waals surface area contributed by atoms with Gasteiger partial charge in [0.25, 0.3) is 0 Å². The fraction of sp³-hybridized carbons (Fsp3) is 0.333. The summed E-state index contributed by atoms with van der Waals surface area (Å²) in [6, 6.07) is 5.95. The number of thiocarbonyl (C=S) groups is 1. The molecule has 1 atom stereocenters. The lowest BCUT2D eigenvalue weighted by atomic mass is 10.0. The van der Waals surface area contributed by atoms with Crippen molar-refractivity contribution in [2.45, 2.75) is 13.3 Å². The molecule has 0 spiro atoms. The van der Waals surface area contributed by atoms with E-state index in [2.05, 4.69) is 29.7 Å². The highest BCUT2D eigenvalue weighted by atomic mass is 32.1. The van der Waals surface area contributed by atoms with Crippen molar-refractivity contribution in [3.05, 3.63) is 23.8 Å². The van der Waals surface area contributed by atoms with E-state index in [1.54, 1.807) is 6.21 Å². The third kappa shape index (κ3) is 3.33. The molecule has 0 fully saturated rings. The Kier molecular flexibility index (Phi) is 3.99. The van der Waals surface area contributed by atoms with E-state index in [-0.39, 0.29) is 11.0 Å². The largest absolute Gasteiger partial charge is 0.454 e. The number of rotatable bonds is 4. The van der Waals surface area contributed by atoms with Crippen LogP contribution in [0.1, 0.15) is 12.5 Å². The highest BCUT2D eigenvalue weighted by molar-refractivity contribution is 7.80. The van der Waals surface area contributed by atoms with Crippen LogP contribution >= 0.6 is 12.2 Å². The van der Waals surface area contributed by atoms with Crippen molar-refractivity contribution in [2.24, 2.45) is 16.8 Å². The average molecular weight is 265 g/mol. The molecule has 1 aliphatic rings. The minimum atomic E-state index is 0.168. The molecule has 2 rings (SSSR count). The maximum absolute atomic E-state index is 5.33. The van der Waals surface area contributed by atoms with E-state index >= 15 is 0 Å². The second kappa shape index (κ2) is 5.68. The first-order valence-corrected chi connectivity index (χ1v) is 6.03. The van der Waals surface area contributed by atoms with Gasteiger partial charge in [0.1, 0.15) is 0 Å². The quantitative estimate of drug-likeness (QED) is 0.489. The Hall–Kier alpha value is -1.82. The molecular formula is C12H15N3O2S. The topological polar surface area (TPSA) is 68.9 Å². The van der Waals surface area contributed by atoms with Crippen LogP contribution in [0.4, 0.5) is 0 Å². The normalized spacial score (nSPS) is 14.7. The highest BCUT2D eigenvalue weighted by Gasteiger charge is 2.13. The van der Waals surface area contributed by atoms with Gasteiger partial charge >= 0.3 is 0 Å². The van der Waals surface area contributed by atoms with Gasteiger partial charge in [-0.3, -0.25) is 5.43 Å². The molecule has 0 unspecified atom stereocenters. The van der Waals surface area contributed by atoms with Gasteiger partial charge in [-0.15, -0.1) is 0 Å². The fourth-order valence-electron chi connectivity index (χ4n) is 1.72. The molecule has 0 bridgehead atoms. The van der Waals surface area contributed by atoms with Crippen molar-refractivity contribution in [1.82, 2.24) is 5.43 Å². The number of ether oxygens (including phenoxy) is 2. The Morgan fingerprint density at radius 1 is 1.56 bits per heavy atom. The molecule has 5 nitrogen and oxygen atoms in total. The molecule has 3 N–H and O–H groups in total. The number of benzene rings is 1. The second-order valence-electron chi connectivity index (χ2n) is 4.12. The predicted octanol–water partition coefficient (Wildman–Crippen LogP) is 1.41. The number of nitrogens with two attached hydrogens (primary N) is 1. The van der Waals surface area contributed by atoms with Crippen molar-refractivity contribution in [1.29, 1.82) is 0 Å². The highest BCUT2D eigenvalue weighted by Crippen LogP contribution is 2.32. The first kappa shape index (κ1) is 12.6. The van der Waals surface area contributed by atoms with Crippen LogP contribution in [0.5, 0.6) is 11.5 Å². The van der Waals surface area contributed by atoms with Gasteiger partial charge in [0.05, 0.1) is 0 Å². The molecule has 0 radical (unpaired) electrons. The summed E-state index contributed by atoms with van der Waals surface area (Å²) in [6.07, 6.45) is 2.64. The van der Waals surface area contributed by atoms with Crippen LogP contribution in [0.3, 0.4) is 0 Å². The van der Waals surface area contributed by atoms with Crippen LogP contribution in [0.2, 0.25) is 0 Å². The summed E-state index contributed by atoms with van der Waals surface area (Å²) >= 11 is 4.65. The van der Waals surface area contributed by atoms with Crippen LogP contribution < -0.4 is 20.6 Å². The molecule has 96 valence electrons. The molecule has 0 saturated carbocycles. The molecule has 1 aliphatic heterocycles. The fourth-order valence-corrected chi connectivity index (χ4v) is 1.77. The molecule has 0 amide bonds. The van der Waals surface area contributed by atoms with E-state index in [4.69, 9.17) is 15.2 Å². The Morgan fingerprint density at radius 2 is 2.33 bits per heavy atom. The molecule has 1 heterocycles. The molecule has 1 aromatic carbocycles. The zero-order chi connectivity index (χ0) is 13.0. The summed E-state index contributed by atoms with van der Waals surface area (Å²) in [5, 5.41) is 4.11. The van der Waals surface area contributed by atoms with Crippen molar-refractivity contribution < 1.29 is 9.47 Å². The third-order valence-corrected chi connectivity index (χ3v) is 2.59. The summed E-state index contributed by atoms with van der Waals surface area (Å²) in [7, 11) is 0. The zero-order valence-electron chi connectivity index (χ0n) is 10.1. The first-order valence-electron chi connectivity index (χ1n) is 5.62. The van der Waals surface area contributed by atoms with E-state index < -0.39 is 0 Å². The Balaban J connectivity index is 1.93. The molecular weight excluding hydrogens is 250 g/mol. The number of nitrogens with one attached hydrogen (secondary N) is 1. The van der Waals surface area contributed by atoms with E-state index in [9.17, 15) is 0 Å². The number of nitrogens with zero attached hydrogens (tertiary/aromatic N) is 1. The van der Waals surface area contributed by atoms with Gasteiger partial charge in [-0.1, -0.05) is 13.0 Å². The number of hydrogen-bond donors (Lipinski definition) is 2. The lowest BCUT2D eigenvalue weighted by Gasteiger charge is -2.06. The monoisotopic (exact) mass is 265 g/mol.